The third-order valence-corrected chi connectivity index (χ3v) is 4.90. The molecule has 154 valence electrons. The van der Waals surface area contributed by atoms with Gasteiger partial charge < -0.3 is 12.4 Å². The van der Waals surface area contributed by atoms with Gasteiger partial charge in [0.25, 0.3) is 0 Å². The zero-order valence-electron chi connectivity index (χ0n) is 17.5. The number of halogens is 1. The molecule has 0 fully saturated rings. The monoisotopic (exact) mass is 410 g/mol. The van der Waals surface area contributed by atoms with Gasteiger partial charge in [-0.05, 0) is 30.4 Å². The molecule has 2 aromatic rings. The van der Waals surface area contributed by atoms with E-state index in [2.05, 4.69) is 91.1 Å². The van der Waals surface area contributed by atoms with E-state index in [-0.39, 0.29) is 18.4 Å². The van der Waals surface area contributed by atoms with Gasteiger partial charge >= 0.3 is 5.96 Å². The van der Waals surface area contributed by atoms with Crippen molar-refractivity contribution in [3.8, 4) is 0 Å². The number of hydrogen-bond acceptors (Lipinski definition) is 3. The molecule has 1 aliphatic rings. The zero-order chi connectivity index (χ0) is 19.8. The highest BCUT2D eigenvalue weighted by Crippen LogP contribution is 2.14. The quantitative estimate of drug-likeness (QED) is 0.453. The molecule has 0 spiro atoms. The van der Waals surface area contributed by atoms with Gasteiger partial charge in [0.05, 0.1) is 11.8 Å². The van der Waals surface area contributed by atoms with Crippen molar-refractivity contribution in [2.24, 2.45) is 11.0 Å². The van der Waals surface area contributed by atoms with Crippen molar-refractivity contribution in [3.63, 3.8) is 0 Å². The normalized spacial score (nSPS) is 16.4. The Morgan fingerprint density at radius 3 is 2.34 bits per heavy atom. The molecule has 1 unspecified atom stereocenters. The number of hydrazone groups is 1. The predicted molar refractivity (Wildman–Crippen MR) is 118 cm³/mol. The average Bonchev–Trinajstić information content (AvgIpc) is 2.75. The van der Waals surface area contributed by atoms with Gasteiger partial charge in [0.15, 0.2) is 0 Å². The van der Waals surface area contributed by atoms with Gasteiger partial charge in [-0.15, -0.1) is 5.10 Å². The summed E-state index contributed by atoms with van der Waals surface area (Å²) in [6, 6.07) is 21.1. The molecule has 0 saturated heterocycles. The number of guanidine groups is 1. The highest BCUT2D eigenvalue weighted by atomic mass is 35.5. The van der Waals surface area contributed by atoms with Crippen LogP contribution >= 0.6 is 0 Å². The average molecular weight is 411 g/mol. The molecule has 0 aliphatic carbocycles. The van der Waals surface area contributed by atoms with Crippen LogP contribution in [0.15, 0.2) is 71.8 Å². The van der Waals surface area contributed by atoms with Crippen molar-refractivity contribution in [2.75, 3.05) is 0 Å². The van der Waals surface area contributed by atoms with E-state index >= 15 is 0 Å². The fraction of sp³-hybridized carbons (Fsp3) is 0.333. The van der Waals surface area contributed by atoms with E-state index in [1.54, 1.807) is 0 Å². The molecule has 0 bridgehead atoms. The molecule has 5 heteroatoms. The molecule has 3 N–H and O–H groups in total. The van der Waals surface area contributed by atoms with Crippen molar-refractivity contribution in [1.82, 2.24) is 10.7 Å². The Kier molecular flexibility index (Phi) is 8.94. The van der Waals surface area contributed by atoms with E-state index in [1.807, 2.05) is 12.1 Å². The van der Waals surface area contributed by atoms with E-state index in [9.17, 15) is 0 Å². The first-order chi connectivity index (χ1) is 13.7. The van der Waals surface area contributed by atoms with E-state index in [0.29, 0.717) is 5.92 Å². The molecule has 1 heterocycles. The highest BCUT2D eigenvalue weighted by Gasteiger charge is 2.23. The minimum Gasteiger partial charge on any atom is -1.00 e. The molecular weight excluding hydrogens is 380 g/mol. The molecule has 2 aromatic carbocycles. The van der Waals surface area contributed by atoms with Crippen LogP contribution in [0.4, 0.5) is 0 Å². The second-order valence-corrected chi connectivity index (χ2v) is 7.50. The number of nitrogens with one attached hydrogen (secondary N) is 3. The predicted octanol–water partition coefficient (Wildman–Crippen LogP) is 0.280. The van der Waals surface area contributed by atoms with Crippen LogP contribution in [0.1, 0.15) is 51.2 Å². The van der Waals surface area contributed by atoms with Crippen molar-refractivity contribution in [1.29, 1.82) is 0 Å². The van der Waals surface area contributed by atoms with Crippen LogP contribution < -0.4 is 28.1 Å². The van der Waals surface area contributed by atoms with E-state index in [0.717, 1.165) is 36.6 Å². The lowest BCUT2D eigenvalue weighted by atomic mass is 10.0. The van der Waals surface area contributed by atoms with E-state index < -0.39 is 0 Å². The van der Waals surface area contributed by atoms with Crippen LogP contribution in [-0.2, 0) is 0 Å². The summed E-state index contributed by atoms with van der Waals surface area (Å²) in [5, 5.41) is 8.22. The maximum Gasteiger partial charge on any atom is 0.372 e. The maximum absolute atomic E-state index is 4.75. The van der Waals surface area contributed by atoms with Gasteiger partial charge in [0.2, 0.25) is 0 Å². The second-order valence-electron chi connectivity index (χ2n) is 7.50. The standard InChI is InChI=1S/C24H30N4.ClH/c1-4-5-16-21(19-12-8-6-9-13-19)27-28-24-25-22(18(2)3)17-23(26-24)20-14-10-7-11-15-20;/h6-15,17-18,22H,4-5,16H2,1-3H3,(H2,25,26,28);1H/b27-21+;. The summed E-state index contributed by atoms with van der Waals surface area (Å²) in [5.74, 6) is 1.29. The molecular formula is C24H31ClN4. The van der Waals surface area contributed by atoms with Crippen LogP contribution in [-0.4, -0.2) is 17.7 Å². The van der Waals surface area contributed by atoms with Crippen LogP contribution in [0.25, 0.3) is 5.70 Å². The third kappa shape index (κ3) is 6.47. The first-order valence-electron chi connectivity index (χ1n) is 10.2. The minimum atomic E-state index is 0. The van der Waals surface area contributed by atoms with Crippen molar-refractivity contribution in [3.05, 3.63) is 77.9 Å². The number of nitrogens with zero attached hydrogens (tertiary/aromatic N) is 1. The Labute approximate surface area is 180 Å². The lowest BCUT2D eigenvalue weighted by molar-refractivity contribution is -0.503. The Morgan fingerprint density at radius 2 is 1.72 bits per heavy atom. The first-order valence-corrected chi connectivity index (χ1v) is 10.2. The minimum absolute atomic E-state index is 0. The Bertz CT molecular complexity index is 842. The number of hydrogen-bond donors (Lipinski definition) is 3. The van der Waals surface area contributed by atoms with Gasteiger partial charge in [-0.3, -0.25) is 4.99 Å². The molecule has 4 nitrogen and oxygen atoms in total. The van der Waals surface area contributed by atoms with Gasteiger partial charge in [0, 0.05) is 5.56 Å². The molecule has 0 amide bonds. The van der Waals surface area contributed by atoms with Crippen LogP contribution in [0.2, 0.25) is 0 Å². The zero-order valence-corrected chi connectivity index (χ0v) is 18.2. The lowest BCUT2D eigenvalue weighted by Gasteiger charge is -2.20. The summed E-state index contributed by atoms with van der Waals surface area (Å²) < 4.78 is 0. The summed E-state index contributed by atoms with van der Waals surface area (Å²) in [7, 11) is 0. The summed E-state index contributed by atoms with van der Waals surface area (Å²) in [6.45, 7) is 6.65. The largest absolute Gasteiger partial charge is 1.00 e. The van der Waals surface area contributed by atoms with Crippen molar-refractivity contribution in [2.45, 2.75) is 46.1 Å². The lowest BCUT2D eigenvalue weighted by Crippen LogP contribution is -3.00. The molecule has 0 saturated carbocycles. The van der Waals surface area contributed by atoms with Gasteiger partial charge in [0.1, 0.15) is 5.70 Å². The number of benzene rings is 2. The van der Waals surface area contributed by atoms with Crippen LogP contribution in [0, 0.1) is 5.92 Å². The summed E-state index contributed by atoms with van der Waals surface area (Å²) >= 11 is 0. The Hall–Kier alpha value is -2.59. The van der Waals surface area contributed by atoms with Gasteiger partial charge in [-0.1, -0.05) is 87.9 Å². The molecule has 3 rings (SSSR count). The van der Waals surface area contributed by atoms with Crippen molar-refractivity contribution < 1.29 is 17.4 Å². The molecule has 1 atom stereocenters. The first kappa shape index (κ1) is 22.7. The SMILES string of the molecule is CCCC/C(=N\NC1=[NH+]C(C(C)C)C=C(c2ccccc2)N1)c1ccccc1.[Cl-]. The fourth-order valence-corrected chi connectivity index (χ4v) is 3.17. The Balaban J connectivity index is 0.00000300. The molecule has 1 aliphatic heterocycles. The van der Waals surface area contributed by atoms with E-state index in [1.165, 1.54) is 11.1 Å². The molecule has 0 aromatic heterocycles. The molecule has 0 radical (unpaired) electrons. The molecule has 29 heavy (non-hydrogen) atoms. The summed E-state index contributed by atoms with van der Waals surface area (Å²) in [4.78, 5) is 3.53. The summed E-state index contributed by atoms with van der Waals surface area (Å²) in [5.41, 5.74) is 7.78. The second kappa shape index (κ2) is 11.4. The van der Waals surface area contributed by atoms with Gasteiger partial charge in [-0.2, -0.15) is 5.43 Å². The summed E-state index contributed by atoms with van der Waals surface area (Å²) in [6.07, 6.45) is 5.48. The third-order valence-electron chi connectivity index (χ3n) is 4.90. The smallest absolute Gasteiger partial charge is 0.372 e. The van der Waals surface area contributed by atoms with E-state index in [4.69, 9.17) is 5.10 Å². The number of rotatable bonds is 7. The van der Waals surface area contributed by atoms with Gasteiger partial charge in [-0.25, -0.2) is 5.32 Å². The number of unbranched alkanes of at least 4 members (excludes halogenated alkanes) is 1. The fourth-order valence-electron chi connectivity index (χ4n) is 3.17. The topological polar surface area (TPSA) is 50.4 Å². The maximum atomic E-state index is 4.75. The van der Waals surface area contributed by atoms with Crippen molar-refractivity contribution >= 4 is 17.4 Å². The van der Waals surface area contributed by atoms with Crippen LogP contribution in [0.5, 0.6) is 0 Å². The van der Waals surface area contributed by atoms with Crippen LogP contribution in [0.3, 0.4) is 0 Å². The Morgan fingerprint density at radius 1 is 1.07 bits per heavy atom. The highest BCUT2D eigenvalue weighted by molar-refractivity contribution is 6.01.